The van der Waals surface area contributed by atoms with Crippen molar-refractivity contribution in [2.75, 3.05) is 19.8 Å². The monoisotopic (exact) mass is 271 g/mol. The van der Waals surface area contributed by atoms with E-state index in [9.17, 15) is 8.42 Å². The molecule has 4 N–H and O–H groups in total. The van der Waals surface area contributed by atoms with Crippen LogP contribution in [0.4, 0.5) is 0 Å². The standard InChI is InChI=1S/C8H18O4S.C2H7NO/c1-3-5-6-8(4-2)7-12-13(9,10)11;3-1-2-4/h8H,3-7H2,1-2H3,(H,9,10,11);4H,1-3H2. The predicted octanol–water partition coefficient (Wildman–Crippen LogP) is 0.960. The van der Waals surface area contributed by atoms with Crippen LogP contribution in [0.15, 0.2) is 0 Å². The highest BCUT2D eigenvalue weighted by atomic mass is 32.3. The molecule has 0 saturated heterocycles. The van der Waals surface area contributed by atoms with Crippen LogP contribution in [0, 0.1) is 5.92 Å². The van der Waals surface area contributed by atoms with Crippen molar-refractivity contribution >= 4 is 10.4 Å². The van der Waals surface area contributed by atoms with Crippen molar-refractivity contribution in [3.05, 3.63) is 0 Å². The van der Waals surface area contributed by atoms with Gasteiger partial charge in [0.1, 0.15) is 0 Å². The minimum absolute atomic E-state index is 0.0926. The molecule has 0 heterocycles. The van der Waals surface area contributed by atoms with Gasteiger partial charge in [-0.15, -0.1) is 0 Å². The Hall–Kier alpha value is -0.210. The number of nitrogens with two attached hydrogens (primary N) is 1. The molecule has 0 amide bonds. The summed E-state index contributed by atoms with van der Waals surface area (Å²) in [7, 11) is -4.25. The fraction of sp³-hybridized carbons (Fsp3) is 1.00. The highest BCUT2D eigenvalue weighted by Crippen LogP contribution is 2.13. The number of hydrogen-bond donors (Lipinski definition) is 3. The number of unbranched alkanes of at least 4 members (excludes halogenated alkanes) is 1. The third kappa shape index (κ3) is 18.4. The summed E-state index contributed by atoms with van der Waals surface area (Å²) in [5.41, 5.74) is 4.78. The van der Waals surface area contributed by atoms with E-state index in [1.165, 1.54) is 0 Å². The van der Waals surface area contributed by atoms with Gasteiger partial charge in [-0.3, -0.25) is 4.55 Å². The minimum atomic E-state index is -4.25. The summed E-state index contributed by atoms with van der Waals surface area (Å²) in [6.07, 6.45) is 3.97. The lowest BCUT2D eigenvalue weighted by Crippen LogP contribution is -2.13. The van der Waals surface area contributed by atoms with E-state index in [0.717, 1.165) is 25.7 Å². The maximum absolute atomic E-state index is 10.3. The van der Waals surface area contributed by atoms with Crippen molar-refractivity contribution in [3.63, 3.8) is 0 Å². The Morgan fingerprint density at radius 2 is 1.88 bits per heavy atom. The van der Waals surface area contributed by atoms with Crippen LogP contribution in [-0.2, 0) is 14.6 Å². The van der Waals surface area contributed by atoms with E-state index in [0.29, 0.717) is 6.54 Å². The molecule has 0 bridgehead atoms. The smallest absolute Gasteiger partial charge is 0.395 e. The van der Waals surface area contributed by atoms with Gasteiger partial charge in [-0.25, -0.2) is 4.18 Å². The van der Waals surface area contributed by atoms with Gasteiger partial charge in [-0.1, -0.05) is 33.1 Å². The molecule has 0 fully saturated rings. The Kier molecular flexibility index (Phi) is 13.8. The van der Waals surface area contributed by atoms with Crippen molar-refractivity contribution in [2.45, 2.75) is 39.5 Å². The molecule has 0 aliphatic carbocycles. The van der Waals surface area contributed by atoms with Crippen LogP contribution in [0.5, 0.6) is 0 Å². The van der Waals surface area contributed by atoms with Gasteiger partial charge in [0.2, 0.25) is 0 Å². The van der Waals surface area contributed by atoms with E-state index in [-0.39, 0.29) is 19.1 Å². The first kappa shape index (κ1) is 19.1. The van der Waals surface area contributed by atoms with Crippen LogP contribution in [0.2, 0.25) is 0 Å². The van der Waals surface area contributed by atoms with E-state index >= 15 is 0 Å². The number of aliphatic hydroxyl groups is 1. The van der Waals surface area contributed by atoms with Crippen molar-refractivity contribution in [2.24, 2.45) is 11.7 Å². The molecule has 0 spiro atoms. The second-order valence-electron chi connectivity index (χ2n) is 3.64. The fourth-order valence-corrected chi connectivity index (χ4v) is 1.44. The zero-order valence-electron chi connectivity index (χ0n) is 10.6. The number of hydrogen-bond acceptors (Lipinski definition) is 5. The van der Waals surface area contributed by atoms with Crippen LogP contribution < -0.4 is 5.73 Å². The highest BCUT2D eigenvalue weighted by molar-refractivity contribution is 7.80. The van der Waals surface area contributed by atoms with Gasteiger partial charge in [0.05, 0.1) is 13.2 Å². The topological polar surface area (TPSA) is 110 Å². The van der Waals surface area contributed by atoms with Gasteiger partial charge >= 0.3 is 10.4 Å². The highest BCUT2D eigenvalue weighted by Gasteiger charge is 2.11. The van der Waals surface area contributed by atoms with E-state index < -0.39 is 10.4 Å². The van der Waals surface area contributed by atoms with Crippen LogP contribution in [-0.4, -0.2) is 37.8 Å². The molecule has 0 radical (unpaired) electrons. The molecule has 17 heavy (non-hydrogen) atoms. The molecule has 0 rings (SSSR count). The second-order valence-corrected chi connectivity index (χ2v) is 4.73. The van der Waals surface area contributed by atoms with Gasteiger partial charge in [0.15, 0.2) is 0 Å². The molecule has 7 heteroatoms. The number of rotatable bonds is 8. The Bertz CT molecular complexity index is 241. The van der Waals surface area contributed by atoms with Gasteiger partial charge < -0.3 is 10.8 Å². The summed E-state index contributed by atoms with van der Waals surface area (Å²) in [4.78, 5) is 0. The van der Waals surface area contributed by atoms with Gasteiger partial charge in [-0.05, 0) is 12.3 Å². The summed E-state index contributed by atoms with van der Waals surface area (Å²) in [6.45, 7) is 4.62. The first-order valence-electron chi connectivity index (χ1n) is 5.83. The lowest BCUT2D eigenvalue weighted by Gasteiger charge is -2.12. The molecule has 106 valence electrons. The zero-order valence-corrected chi connectivity index (χ0v) is 11.4. The van der Waals surface area contributed by atoms with Crippen LogP contribution in [0.25, 0.3) is 0 Å². The molecule has 0 aromatic carbocycles. The SMILES string of the molecule is CCCCC(CC)COS(=O)(=O)O.NCCO. The molecule has 6 nitrogen and oxygen atoms in total. The molecule has 0 aliphatic heterocycles. The van der Waals surface area contributed by atoms with Crippen molar-refractivity contribution in [1.29, 1.82) is 0 Å². The molecule has 1 unspecified atom stereocenters. The minimum Gasteiger partial charge on any atom is -0.395 e. The Labute approximate surface area is 104 Å². The van der Waals surface area contributed by atoms with Gasteiger partial charge in [0.25, 0.3) is 0 Å². The van der Waals surface area contributed by atoms with E-state index in [1.54, 1.807) is 0 Å². The molecule has 0 aromatic rings. The van der Waals surface area contributed by atoms with Gasteiger partial charge in [-0.2, -0.15) is 8.42 Å². The Morgan fingerprint density at radius 3 is 2.18 bits per heavy atom. The largest absolute Gasteiger partial charge is 0.397 e. The maximum atomic E-state index is 10.3. The summed E-state index contributed by atoms with van der Waals surface area (Å²) in [5, 5.41) is 7.75. The molecule has 1 atom stereocenters. The van der Waals surface area contributed by atoms with E-state index in [2.05, 4.69) is 11.1 Å². The molecular formula is C10H25NO5S. The molecule has 0 saturated carbocycles. The maximum Gasteiger partial charge on any atom is 0.397 e. The molecule has 0 aliphatic rings. The summed E-state index contributed by atoms with van der Waals surface area (Å²) in [5.74, 6) is 0.224. The third-order valence-corrected chi connectivity index (χ3v) is 2.56. The van der Waals surface area contributed by atoms with Gasteiger partial charge in [0, 0.05) is 6.54 Å². The van der Waals surface area contributed by atoms with Crippen LogP contribution in [0.3, 0.4) is 0 Å². The Balaban J connectivity index is 0. The first-order valence-corrected chi connectivity index (χ1v) is 7.20. The van der Waals surface area contributed by atoms with Crippen molar-refractivity contribution < 1.29 is 22.3 Å². The first-order chi connectivity index (χ1) is 7.91. The second kappa shape index (κ2) is 12.3. The summed E-state index contributed by atoms with van der Waals surface area (Å²) >= 11 is 0. The Morgan fingerprint density at radius 1 is 1.35 bits per heavy atom. The van der Waals surface area contributed by atoms with E-state index in [4.69, 9.17) is 15.4 Å². The van der Waals surface area contributed by atoms with E-state index in [1.807, 2.05) is 6.92 Å². The van der Waals surface area contributed by atoms with Crippen molar-refractivity contribution in [1.82, 2.24) is 0 Å². The molecular weight excluding hydrogens is 246 g/mol. The lowest BCUT2D eigenvalue weighted by atomic mass is 10.0. The van der Waals surface area contributed by atoms with Crippen molar-refractivity contribution in [3.8, 4) is 0 Å². The number of aliphatic hydroxyl groups excluding tert-OH is 1. The zero-order chi connectivity index (χ0) is 13.7. The lowest BCUT2D eigenvalue weighted by molar-refractivity contribution is 0.211. The van der Waals surface area contributed by atoms with Crippen LogP contribution >= 0.6 is 0 Å². The quantitative estimate of drug-likeness (QED) is 0.567. The average Bonchev–Trinajstić information content (AvgIpc) is 2.28. The third-order valence-electron chi connectivity index (χ3n) is 2.13. The fourth-order valence-electron chi connectivity index (χ4n) is 1.08. The van der Waals surface area contributed by atoms with Crippen LogP contribution in [0.1, 0.15) is 39.5 Å². The predicted molar refractivity (Wildman–Crippen MR) is 66.9 cm³/mol. The normalized spacial score (nSPS) is 12.8. The molecule has 0 aromatic heterocycles. The average molecular weight is 271 g/mol. The summed E-state index contributed by atoms with van der Waals surface area (Å²) < 4.78 is 33.2. The summed E-state index contributed by atoms with van der Waals surface area (Å²) in [6, 6.07) is 0.